The lowest BCUT2D eigenvalue weighted by Crippen LogP contribution is -2.23. The van der Waals surface area contributed by atoms with Crippen LogP contribution in [0.15, 0.2) is 30.3 Å². The average molecular weight is 431 g/mol. The lowest BCUT2D eigenvalue weighted by molar-refractivity contribution is -0.144. The van der Waals surface area contributed by atoms with Crippen LogP contribution in [0.4, 0.5) is 5.69 Å². The molecule has 0 saturated heterocycles. The van der Waals surface area contributed by atoms with E-state index in [4.69, 9.17) is 24.4 Å². The second kappa shape index (κ2) is 11.1. The van der Waals surface area contributed by atoms with Crippen molar-refractivity contribution >= 4 is 17.6 Å². The number of carboxylic acids is 2. The highest BCUT2D eigenvalue weighted by Gasteiger charge is 2.17. The molecule has 0 aliphatic carbocycles. The Balaban J connectivity index is 2.15. The second-order valence-electron chi connectivity index (χ2n) is 7.10. The summed E-state index contributed by atoms with van der Waals surface area (Å²) >= 11 is 0. The minimum absolute atomic E-state index is 0.208. The van der Waals surface area contributed by atoms with Crippen LogP contribution in [0.25, 0.3) is 0 Å². The normalized spacial score (nSPS) is 11.5. The van der Waals surface area contributed by atoms with Crippen molar-refractivity contribution < 1.29 is 34.0 Å². The molecule has 0 aliphatic rings. The number of benzene rings is 2. The van der Waals surface area contributed by atoms with Gasteiger partial charge in [0, 0.05) is 6.42 Å². The Morgan fingerprint density at radius 2 is 1.77 bits per heavy atom. The van der Waals surface area contributed by atoms with Gasteiger partial charge in [0.2, 0.25) is 0 Å². The van der Waals surface area contributed by atoms with Crippen LogP contribution < -0.4 is 19.5 Å². The van der Waals surface area contributed by atoms with Gasteiger partial charge < -0.3 is 29.7 Å². The maximum absolute atomic E-state index is 11.2. The molecule has 1 unspecified atom stereocenters. The first-order valence-corrected chi connectivity index (χ1v) is 10.1. The highest BCUT2D eigenvalue weighted by molar-refractivity contribution is 5.74. The molecule has 2 aromatic carbocycles. The van der Waals surface area contributed by atoms with Gasteiger partial charge in [0.25, 0.3) is 0 Å². The van der Waals surface area contributed by atoms with Gasteiger partial charge in [-0.2, -0.15) is 0 Å². The quantitative estimate of drug-likeness (QED) is 0.466. The summed E-state index contributed by atoms with van der Waals surface area (Å²) < 4.78 is 17.1. The van der Waals surface area contributed by atoms with Gasteiger partial charge in [-0.3, -0.25) is 4.79 Å². The minimum Gasteiger partial charge on any atom is -0.491 e. The van der Waals surface area contributed by atoms with Crippen LogP contribution in [-0.2, 0) is 16.0 Å². The number of ether oxygens (including phenoxy) is 3. The van der Waals surface area contributed by atoms with E-state index in [9.17, 15) is 9.59 Å². The first kappa shape index (κ1) is 23.9. The zero-order valence-electron chi connectivity index (χ0n) is 18.2. The van der Waals surface area contributed by atoms with Gasteiger partial charge in [-0.15, -0.1) is 0 Å². The minimum atomic E-state index is -1.06. The maximum atomic E-state index is 11.2. The molecule has 0 aliphatic heterocycles. The topological polar surface area (TPSA) is 114 Å². The predicted octanol–water partition coefficient (Wildman–Crippen LogP) is 3.67. The molecule has 0 amide bonds. The van der Waals surface area contributed by atoms with E-state index in [0.717, 1.165) is 16.7 Å². The van der Waals surface area contributed by atoms with Crippen molar-refractivity contribution in [3.8, 4) is 17.2 Å². The first-order chi connectivity index (χ1) is 14.7. The third-order valence-corrected chi connectivity index (χ3v) is 4.55. The van der Waals surface area contributed by atoms with Crippen molar-refractivity contribution in [1.82, 2.24) is 0 Å². The third-order valence-electron chi connectivity index (χ3n) is 4.55. The van der Waals surface area contributed by atoms with Crippen LogP contribution in [0.5, 0.6) is 17.2 Å². The summed E-state index contributed by atoms with van der Waals surface area (Å²) in [6.07, 6.45) is -0.469. The molecule has 8 heteroatoms. The smallest absolute Gasteiger partial charge is 0.344 e. The number of carbonyl (C=O) groups is 2. The fourth-order valence-electron chi connectivity index (χ4n) is 2.91. The van der Waals surface area contributed by atoms with E-state index in [1.807, 2.05) is 39.0 Å². The Kier molecular flexibility index (Phi) is 8.54. The summed E-state index contributed by atoms with van der Waals surface area (Å²) in [5, 5.41) is 20.9. The third kappa shape index (κ3) is 7.09. The van der Waals surface area contributed by atoms with E-state index in [-0.39, 0.29) is 6.54 Å². The molecule has 0 radical (unpaired) electrons. The Hall–Kier alpha value is -3.42. The maximum Gasteiger partial charge on any atom is 0.344 e. The molecule has 31 heavy (non-hydrogen) atoms. The van der Waals surface area contributed by atoms with Crippen molar-refractivity contribution in [3.63, 3.8) is 0 Å². The summed E-state index contributed by atoms with van der Waals surface area (Å²) in [5.74, 6) is -0.581. The zero-order chi connectivity index (χ0) is 23.0. The van der Waals surface area contributed by atoms with Crippen molar-refractivity contribution in [3.05, 3.63) is 47.0 Å². The monoisotopic (exact) mass is 431 g/mol. The lowest BCUT2D eigenvalue weighted by atomic mass is 10.0. The van der Waals surface area contributed by atoms with Crippen molar-refractivity contribution in [2.24, 2.45) is 0 Å². The fourth-order valence-corrected chi connectivity index (χ4v) is 2.91. The summed E-state index contributed by atoms with van der Waals surface area (Å²) in [6, 6.07) is 9.12. The Bertz CT molecular complexity index is 926. The van der Waals surface area contributed by atoms with Crippen LogP contribution in [-0.4, -0.2) is 48.0 Å². The van der Waals surface area contributed by atoms with E-state index < -0.39 is 18.0 Å². The van der Waals surface area contributed by atoms with Gasteiger partial charge in [-0.05, 0) is 68.7 Å². The molecule has 3 N–H and O–H groups in total. The lowest BCUT2D eigenvalue weighted by Gasteiger charge is -2.18. The van der Waals surface area contributed by atoms with Crippen LogP contribution >= 0.6 is 0 Å². The largest absolute Gasteiger partial charge is 0.491 e. The van der Waals surface area contributed by atoms with Crippen molar-refractivity contribution in [2.75, 3.05) is 25.1 Å². The van der Waals surface area contributed by atoms with Crippen LogP contribution in [0.3, 0.4) is 0 Å². The molecule has 0 spiro atoms. The summed E-state index contributed by atoms with van der Waals surface area (Å²) in [5.41, 5.74) is 3.50. The van der Waals surface area contributed by atoms with Gasteiger partial charge in [0.05, 0.1) is 18.9 Å². The molecule has 2 aromatic rings. The molecule has 0 bridgehead atoms. The average Bonchev–Trinajstić information content (AvgIpc) is 2.70. The molecule has 168 valence electrons. The fraction of sp³-hybridized carbons (Fsp3) is 0.391. The molecule has 8 nitrogen and oxygen atoms in total. The molecule has 0 aromatic heterocycles. The standard InChI is InChI=1S/C23H29NO7/c1-5-29-20-11-15(3)17(12-21(20)31-16(4)23(27)28)8-9-30-19-10-14(2)6-7-18(19)24-13-22(25)26/h6-7,10-12,16,24H,5,8-9,13H2,1-4H3,(H,25,26)(H,27,28). The Labute approximate surface area is 181 Å². The van der Waals surface area contributed by atoms with E-state index in [1.54, 1.807) is 12.1 Å². The summed E-state index contributed by atoms with van der Waals surface area (Å²) in [6.45, 7) is 7.74. The Morgan fingerprint density at radius 1 is 1.03 bits per heavy atom. The van der Waals surface area contributed by atoms with Crippen LogP contribution in [0.1, 0.15) is 30.5 Å². The number of carboxylic acid groups (broad SMARTS) is 2. The number of rotatable bonds is 12. The molecular formula is C23H29NO7. The van der Waals surface area contributed by atoms with E-state index in [2.05, 4.69) is 5.32 Å². The number of hydrogen-bond donors (Lipinski definition) is 3. The number of anilines is 1. The van der Waals surface area contributed by atoms with Gasteiger partial charge in [0.15, 0.2) is 17.6 Å². The van der Waals surface area contributed by atoms with Gasteiger partial charge in [-0.1, -0.05) is 6.07 Å². The van der Waals surface area contributed by atoms with Crippen molar-refractivity contribution in [1.29, 1.82) is 0 Å². The Morgan fingerprint density at radius 3 is 2.42 bits per heavy atom. The van der Waals surface area contributed by atoms with E-state index >= 15 is 0 Å². The molecule has 1 atom stereocenters. The van der Waals surface area contributed by atoms with Crippen LogP contribution in [0.2, 0.25) is 0 Å². The molecule has 0 fully saturated rings. The van der Waals surface area contributed by atoms with Gasteiger partial charge >= 0.3 is 11.9 Å². The predicted molar refractivity (Wildman–Crippen MR) is 117 cm³/mol. The van der Waals surface area contributed by atoms with Gasteiger partial charge in [0.1, 0.15) is 12.3 Å². The molecule has 0 heterocycles. The number of aryl methyl sites for hydroxylation is 2. The highest BCUT2D eigenvalue weighted by Crippen LogP contribution is 2.32. The number of nitrogens with one attached hydrogen (secondary N) is 1. The summed E-state index contributed by atoms with van der Waals surface area (Å²) in [4.78, 5) is 22.0. The molecule has 2 rings (SSSR count). The zero-order valence-corrected chi connectivity index (χ0v) is 18.2. The number of hydrogen-bond acceptors (Lipinski definition) is 6. The highest BCUT2D eigenvalue weighted by atomic mass is 16.5. The van der Waals surface area contributed by atoms with Crippen LogP contribution in [0, 0.1) is 13.8 Å². The molecule has 0 saturated carbocycles. The number of aliphatic carboxylic acids is 2. The SMILES string of the molecule is CCOc1cc(C)c(CCOc2cc(C)ccc2NCC(=O)O)cc1OC(C)C(=O)O. The van der Waals surface area contributed by atoms with E-state index in [0.29, 0.717) is 42.6 Å². The second-order valence-corrected chi connectivity index (χ2v) is 7.10. The van der Waals surface area contributed by atoms with Crippen molar-refractivity contribution in [2.45, 2.75) is 40.2 Å². The van der Waals surface area contributed by atoms with E-state index in [1.165, 1.54) is 6.92 Å². The van der Waals surface area contributed by atoms with Gasteiger partial charge in [-0.25, -0.2) is 4.79 Å². The molecular weight excluding hydrogens is 402 g/mol. The summed E-state index contributed by atoms with van der Waals surface area (Å²) in [7, 11) is 0. The first-order valence-electron chi connectivity index (χ1n) is 10.1.